The van der Waals surface area contributed by atoms with E-state index in [0.717, 1.165) is 28.8 Å². The predicted molar refractivity (Wildman–Crippen MR) is 219 cm³/mol. The van der Waals surface area contributed by atoms with E-state index in [-0.39, 0.29) is 21.3 Å². The Balaban J connectivity index is 0.000000210. The topological polar surface area (TPSA) is 225 Å². The number of sulfonamides is 1. The molecule has 14 nitrogen and oxygen atoms in total. The fourth-order valence-electron chi connectivity index (χ4n) is 4.85. The van der Waals surface area contributed by atoms with E-state index in [2.05, 4.69) is 19.4 Å². The van der Waals surface area contributed by atoms with Crippen molar-refractivity contribution < 1.29 is 35.9 Å². The molecule has 2 heterocycles. The molecule has 4 aromatic carbocycles. The van der Waals surface area contributed by atoms with Crippen molar-refractivity contribution in [2.24, 2.45) is 0 Å². The number of hydrogen-bond acceptors (Lipinski definition) is 11. The van der Waals surface area contributed by atoms with Gasteiger partial charge >= 0.3 is 11.9 Å². The van der Waals surface area contributed by atoms with Gasteiger partial charge in [0.25, 0.3) is 30.2 Å². The zero-order valence-corrected chi connectivity index (χ0v) is 33.6. The van der Waals surface area contributed by atoms with Gasteiger partial charge in [-0.3, -0.25) is 14.3 Å². The number of halogens is 3. The van der Waals surface area contributed by atoms with E-state index in [4.69, 9.17) is 44.4 Å². The van der Waals surface area contributed by atoms with Crippen molar-refractivity contribution in [3.05, 3.63) is 163 Å². The molecule has 0 unspecified atom stereocenters. The van der Waals surface area contributed by atoms with Crippen LogP contribution in [0.3, 0.4) is 0 Å². The van der Waals surface area contributed by atoms with Gasteiger partial charge in [-0.15, -0.1) is 0 Å². The summed E-state index contributed by atoms with van der Waals surface area (Å²) >= 11 is 11.2. The number of nitrogens with two attached hydrogens (primary N) is 1. The first-order valence-electron chi connectivity index (χ1n) is 16.0. The second kappa shape index (κ2) is 19.3. The maximum absolute atomic E-state index is 12.7. The van der Waals surface area contributed by atoms with Crippen LogP contribution in [0, 0.1) is 0 Å². The molecule has 0 aliphatic rings. The van der Waals surface area contributed by atoms with Crippen molar-refractivity contribution >= 4 is 76.3 Å². The highest BCUT2D eigenvalue weighted by molar-refractivity contribution is 8.13. The normalized spacial score (nSPS) is 10.8. The van der Waals surface area contributed by atoms with Crippen molar-refractivity contribution in [1.29, 1.82) is 0 Å². The van der Waals surface area contributed by atoms with Gasteiger partial charge in [-0.25, -0.2) is 26.4 Å². The molecule has 0 atom stereocenters. The quantitative estimate of drug-likeness (QED) is 0.0695. The summed E-state index contributed by atoms with van der Waals surface area (Å²) in [5.74, 6) is -1.14. The van der Waals surface area contributed by atoms with E-state index >= 15 is 0 Å². The number of H-pyrrole nitrogens is 2. The lowest BCUT2D eigenvalue weighted by molar-refractivity contribution is 0.0593. The second-order valence-electron chi connectivity index (χ2n) is 11.3. The molecule has 0 fully saturated rings. The molecule has 6 rings (SSSR count). The summed E-state index contributed by atoms with van der Waals surface area (Å²) < 4.78 is 58.5. The van der Waals surface area contributed by atoms with Crippen molar-refractivity contribution in [2.75, 3.05) is 24.7 Å². The number of nitrogens with one attached hydrogen (secondary N) is 3. The number of rotatable bonds is 8. The molecule has 0 saturated carbocycles. The molecule has 0 amide bonds. The lowest BCUT2D eigenvalue weighted by Gasteiger charge is -2.13. The fourth-order valence-corrected chi connectivity index (χ4v) is 7.35. The van der Waals surface area contributed by atoms with Crippen LogP contribution < -0.4 is 21.6 Å². The molecule has 57 heavy (non-hydrogen) atoms. The number of carbonyl (C=O) groups is 2. The van der Waals surface area contributed by atoms with E-state index in [1.54, 1.807) is 18.2 Å². The first kappa shape index (κ1) is 43.8. The second-order valence-corrected chi connectivity index (χ2v) is 16.4. The van der Waals surface area contributed by atoms with Gasteiger partial charge in [-0.05, 0) is 58.7 Å². The summed E-state index contributed by atoms with van der Waals surface area (Å²) in [4.78, 5) is 49.5. The van der Waals surface area contributed by atoms with Crippen molar-refractivity contribution in [3.8, 4) is 22.3 Å². The molecule has 5 N–H and O–H groups in total. The number of aromatic nitrogens is 2. The summed E-state index contributed by atoms with van der Waals surface area (Å²) in [6.07, 6.45) is 2.36. The van der Waals surface area contributed by atoms with E-state index in [0.29, 0.717) is 16.8 Å². The molecular formula is C38H31Cl3N4O10S2. The molecule has 19 heteroatoms. The molecule has 0 spiro atoms. The number of hydrogen-bond donors (Lipinski definition) is 4. The number of ether oxygens (including phenoxy) is 2. The van der Waals surface area contributed by atoms with Crippen molar-refractivity contribution in [1.82, 2.24) is 9.97 Å². The lowest BCUT2D eigenvalue weighted by atomic mass is 10.0. The van der Waals surface area contributed by atoms with Crippen LogP contribution >= 0.6 is 33.9 Å². The fraction of sp³-hybridized carbons (Fsp3) is 0.0526. The summed E-state index contributed by atoms with van der Waals surface area (Å²) in [7, 11) is -0.870. The van der Waals surface area contributed by atoms with Gasteiger partial charge in [-0.1, -0.05) is 96.0 Å². The van der Waals surface area contributed by atoms with Crippen LogP contribution in [0.25, 0.3) is 22.3 Å². The van der Waals surface area contributed by atoms with E-state index in [9.17, 15) is 36.0 Å². The number of benzene rings is 4. The monoisotopic (exact) mass is 872 g/mol. The van der Waals surface area contributed by atoms with Crippen LogP contribution in [-0.4, -0.2) is 53.0 Å². The van der Waals surface area contributed by atoms with Gasteiger partial charge < -0.3 is 25.2 Å². The lowest BCUT2D eigenvalue weighted by Crippen LogP contribution is -2.23. The number of esters is 2. The van der Waals surface area contributed by atoms with Crippen LogP contribution in [0.15, 0.2) is 141 Å². The van der Waals surface area contributed by atoms with E-state index in [1.165, 1.54) is 38.7 Å². The van der Waals surface area contributed by atoms with E-state index < -0.39 is 51.9 Å². The standard InChI is InChI=1S/C19H15ClN2O5S.C14H13NO2.C5H3Cl2NO3S/c1-27-19(24)15-8-7-13(12-5-3-2-4-6-12)9-16(15)22-28(25,26)17-10-14(20)11-21-18(17)23;1-17-14(16)12-8-7-11(9-13(12)15)10-5-3-2-4-6-10;6-3-1-4(12(7,10)11)5(9)8-2-3/h2-11,22H,1H3,(H,21,23);2-9H,15H2,1H3;1-2H,(H,8,9). The van der Waals surface area contributed by atoms with E-state index in [1.807, 2.05) is 66.7 Å². The third kappa shape index (κ3) is 11.8. The molecule has 296 valence electrons. The molecule has 0 saturated heterocycles. The first-order chi connectivity index (χ1) is 26.9. The highest BCUT2D eigenvalue weighted by Crippen LogP contribution is 2.28. The molecule has 0 bridgehead atoms. The van der Waals surface area contributed by atoms with Crippen LogP contribution in [-0.2, 0) is 28.5 Å². The molecule has 0 radical (unpaired) electrons. The Morgan fingerprint density at radius 3 is 1.51 bits per heavy atom. The molecule has 0 aliphatic carbocycles. The van der Waals surface area contributed by atoms with Gasteiger partial charge in [0.15, 0.2) is 4.90 Å². The van der Waals surface area contributed by atoms with Gasteiger partial charge in [0, 0.05) is 28.8 Å². The maximum atomic E-state index is 12.7. The molecule has 6 aromatic rings. The Morgan fingerprint density at radius 2 is 1.05 bits per heavy atom. The Bertz CT molecular complexity index is 2750. The predicted octanol–water partition coefficient (Wildman–Crippen LogP) is 6.96. The maximum Gasteiger partial charge on any atom is 0.339 e. The third-order valence-corrected chi connectivity index (χ3v) is 10.7. The van der Waals surface area contributed by atoms with Gasteiger partial charge in [0.05, 0.1) is 41.1 Å². The number of nitrogen functional groups attached to an aromatic ring is 1. The molecule has 0 aliphatic heterocycles. The Labute approximate surface area is 340 Å². The number of anilines is 2. The summed E-state index contributed by atoms with van der Waals surface area (Å²) in [6.45, 7) is 0. The zero-order chi connectivity index (χ0) is 41.9. The van der Waals surface area contributed by atoms with Crippen LogP contribution in [0.4, 0.5) is 11.4 Å². The SMILES string of the molecule is COC(=O)c1ccc(-c2ccccc2)cc1N.COC(=O)c1ccc(-c2ccccc2)cc1NS(=O)(=O)c1cc(Cl)c[nH]c1=O.O=c1[nH]cc(Cl)cc1S(=O)(=O)Cl. The average molecular weight is 874 g/mol. The number of pyridine rings is 2. The largest absolute Gasteiger partial charge is 0.465 e. The van der Waals surface area contributed by atoms with Gasteiger partial charge in [0.2, 0.25) is 0 Å². The third-order valence-electron chi connectivity index (χ3n) is 7.56. The van der Waals surface area contributed by atoms with Gasteiger partial charge in [-0.2, -0.15) is 0 Å². The minimum atomic E-state index is -4.32. The van der Waals surface area contributed by atoms with Crippen LogP contribution in [0.2, 0.25) is 10.0 Å². The molecular weight excluding hydrogens is 843 g/mol. The zero-order valence-electron chi connectivity index (χ0n) is 29.7. The smallest absolute Gasteiger partial charge is 0.339 e. The summed E-state index contributed by atoms with van der Waals surface area (Å²) in [5, 5.41) is 0.153. The molecule has 2 aromatic heterocycles. The van der Waals surface area contributed by atoms with Crippen LogP contribution in [0.1, 0.15) is 20.7 Å². The Hall–Kier alpha value is -5.91. The summed E-state index contributed by atoms with van der Waals surface area (Å²) in [6, 6.07) is 31.0. The Morgan fingerprint density at radius 1 is 0.614 bits per heavy atom. The average Bonchev–Trinajstić information content (AvgIpc) is 3.19. The summed E-state index contributed by atoms with van der Waals surface area (Å²) in [5.41, 5.74) is 8.56. The highest BCUT2D eigenvalue weighted by Gasteiger charge is 2.23. The highest BCUT2D eigenvalue weighted by atomic mass is 35.7. The minimum absolute atomic E-state index is 0.00390. The van der Waals surface area contributed by atoms with Crippen molar-refractivity contribution in [2.45, 2.75) is 9.79 Å². The van der Waals surface area contributed by atoms with Crippen molar-refractivity contribution in [3.63, 3.8) is 0 Å². The van der Waals surface area contributed by atoms with Crippen LogP contribution in [0.5, 0.6) is 0 Å². The van der Waals surface area contributed by atoms with Gasteiger partial charge in [0.1, 0.15) is 4.90 Å². The first-order valence-corrected chi connectivity index (χ1v) is 20.5. The minimum Gasteiger partial charge on any atom is -0.465 e. The Kier molecular flexibility index (Phi) is 14.8. The number of methoxy groups -OCH3 is 2. The number of aromatic amines is 2. The number of carbonyl (C=O) groups excluding carboxylic acids is 2.